The summed E-state index contributed by atoms with van der Waals surface area (Å²) in [5.41, 5.74) is 1.21. The summed E-state index contributed by atoms with van der Waals surface area (Å²) in [5.74, 6) is 0. The van der Waals surface area contributed by atoms with Gasteiger partial charge in [0, 0.05) is 11.6 Å². The first-order valence-electron chi connectivity index (χ1n) is 5.78. The standard InChI is InChI=1S/C10H8ClN.2C2H6/c1-7-2-3-8-4-5-12-10(11)9(8)6-7;2*1-2/h2-6H,1H3;2*1-2H3. The van der Waals surface area contributed by atoms with Gasteiger partial charge in [-0.05, 0) is 24.4 Å². The number of hydrogen-bond acceptors (Lipinski definition) is 1. The van der Waals surface area contributed by atoms with Crippen LogP contribution in [0, 0.1) is 6.92 Å². The largest absolute Gasteiger partial charge is 0.244 e. The maximum absolute atomic E-state index is 5.92. The summed E-state index contributed by atoms with van der Waals surface area (Å²) >= 11 is 5.92. The van der Waals surface area contributed by atoms with Crippen LogP contribution in [0.25, 0.3) is 10.8 Å². The van der Waals surface area contributed by atoms with Gasteiger partial charge >= 0.3 is 0 Å². The summed E-state index contributed by atoms with van der Waals surface area (Å²) in [5, 5.41) is 2.75. The normalized spacial score (nSPS) is 8.62. The first-order chi connectivity index (χ1) is 7.77. The summed E-state index contributed by atoms with van der Waals surface area (Å²) in [6, 6.07) is 8.13. The van der Waals surface area contributed by atoms with Gasteiger partial charge in [0.15, 0.2) is 0 Å². The monoisotopic (exact) mass is 237 g/mol. The van der Waals surface area contributed by atoms with Crippen molar-refractivity contribution in [2.45, 2.75) is 34.6 Å². The van der Waals surface area contributed by atoms with E-state index in [2.05, 4.69) is 17.1 Å². The first-order valence-corrected chi connectivity index (χ1v) is 6.16. The Kier molecular flexibility index (Phi) is 7.57. The summed E-state index contributed by atoms with van der Waals surface area (Å²) in [4.78, 5) is 4.01. The van der Waals surface area contributed by atoms with Gasteiger partial charge in [0.05, 0.1) is 0 Å². The fourth-order valence-corrected chi connectivity index (χ4v) is 1.47. The van der Waals surface area contributed by atoms with E-state index < -0.39 is 0 Å². The second-order valence-electron chi connectivity index (χ2n) is 2.83. The average molecular weight is 238 g/mol. The summed E-state index contributed by atoms with van der Waals surface area (Å²) in [6.45, 7) is 10.0. The Bertz CT molecular complexity index is 424. The van der Waals surface area contributed by atoms with Gasteiger partial charge in [-0.3, -0.25) is 0 Å². The quantitative estimate of drug-likeness (QED) is 0.571. The molecule has 16 heavy (non-hydrogen) atoms. The van der Waals surface area contributed by atoms with Gasteiger partial charge in [0.1, 0.15) is 5.15 Å². The highest BCUT2D eigenvalue weighted by Gasteiger charge is 1.98. The number of benzene rings is 1. The predicted octanol–water partition coefficient (Wildman–Crippen LogP) is 5.25. The lowest BCUT2D eigenvalue weighted by atomic mass is 10.1. The van der Waals surface area contributed by atoms with Gasteiger partial charge in [-0.15, -0.1) is 0 Å². The summed E-state index contributed by atoms with van der Waals surface area (Å²) < 4.78 is 0. The van der Waals surface area contributed by atoms with E-state index in [-0.39, 0.29) is 0 Å². The molecule has 0 saturated carbocycles. The maximum Gasteiger partial charge on any atom is 0.136 e. The van der Waals surface area contributed by atoms with Crippen molar-refractivity contribution in [3.05, 3.63) is 41.2 Å². The van der Waals surface area contributed by atoms with Crippen LogP contribution in [-0.2, 0) is 0 Å². The summed E-state index contributed by atoms with van der Waals surface area (Å²) in [6.07, 6.45) is 1.72. The Morgan fingerprint density at radius 2 is 1.62 bits per heavy atom. The van der Waals surface area contributed by atoms with Crippen molar-refractivity contribution in [1.82, 2.24) is 4.98 Å². The van der Waals surface area contributed by atoms with Crippen molar-refractivity contribution in [2.24, 2.45) is 0 Å². The number of pyridine rings is 1. The molecule has 0 unspecified atom stereocenters. The van der Waals surface area contributed by atoms with Crippen LogP contribution in [-0.4, -0.2) is 4.98 Å². The molecule has 1 heterocycles. The Balaban J connectivity index is 0.000000509. The van der Waals surface area contributed by atoms with E-state index in [1.165, 1.54) is 5.56 Å². The lowest BCUT2D eigenvalue weighted by molar-refractivity contribution is 1.36. The molecule has 0 fully saturated rings. The van der Waals surface area contributed by atoms with Crippen molar-refractivity contribution < 1.29 is 0 Å². The van der Waals surface area contributed by atoms with Gasteiger partial charge in [0.2, 0.25) is 0 Å². The molecule has 1 nitrogen and oxygen atoms in total. The molecule has 0 radical (unpaired) electrons. The molecular formula is C14H20ClN. The van der Waals surface area contributed by atoms with Gasteiger partial charge in [-0.2, -0.15) is 0 Å². The Hall–Kier alpha value is -1.08. The Morgan fingerprint density at radius 1 is 1.00 bits per heavy atom. The summed E-state index contributed by atoms with van der Waals surface area (Å²) in [7, 11) is 0. The highest BCUT2D eigenvalue weighted by atomic mass is 35.5. The fourth-order valence-electron chi connectivity index (χ4n) is 1.25. The molecule has 2 aromatic rings. The molecule has 0 amide bonds. The number of fused-ring (bicyclic) bond motifs is 1. The van der Waals surface area contributed by atoms with Crippen LogP contribution in [0.2, 0.25) is 5.15 Å². The molecule has 2 heteroatoms. The molecule has 0 atom stereocenters. The van der Waals surface area contributed by atoms with E-state index in [9.17, 15) is 0 Å². The molecule has 1 aromatic heterocycles. The smallest absolute Gasteiger partial charge is 0.136 e. The van der Waals surface area contributed by atoms with E-state index >= 15 is 0 Å². The lowest BCUT2D eigenvalue weighted by Gasteiger charge is -1.99. The Labute approximate surface area is 103 Å². The van der Waals surface area contributed by atoms with Crippen molar-refractivity contribution >= 4 is 22.4 Å². The lowest BCUT2D eigenvalue weighted by Crippen LogP contribution is -1.79. The van der Waals surface area contributed by atoms with E-state index in [0.29, 0.717) is 5.15 Å². The zero-order valence-electron chi connectivity index (χ0n) is 10.7. The van der Waals surface area contributed by atoms with Gasteiger partial charge in [0.25, 0.3) is 0 Å². The van der Waals surface area contributed by atoms with Crippen LogP contribution in [0.4, 0.5) is 0 Å². The van der Waals surface area contributed by atoms with Crippen LogP contribution < -0.4 is 0 Å². The molecule has 88 valence electrons. The minimum atomic E-state index is 0.580. The molecule has 0 spiro atoms. The van der Waals surface area contributed by atoms with Crippen LogP contribution in [0.15, 0.2) is 30.5 Å². The van der Waals surface area contributed by atoms with Crippen LogP contribution in [0.1, 0.15) is 33.3 Å². The van der Waals surface area contributed by atoms with Crippen LogP contribution >= 0.6 is 11.6 Å². The second kappa shape index (κ2) is 8.12. The molecule has 0 saturated heterocycles. The molecule has 2 rings (SSSR count). The van der Waals surface area contributed by atoms with Gasteiger partial charge in [-0.25, -0.2) is 4.98 Å². The fraction of sp³-hybridized carbons (Fsp3) is 0.357. The highest BCUT2D eigenvalue weighted by Crippen LogP contribution is 2.21. The number of rotatable bonds is 0. The van der Waals surface area contributed by atoms with E-state index in [4.69, 9.17) is 11.6 Å². The van der Waals surface area contributed by atoms with Crippen molar-refractivity contribution in [3.8, 4) is 0 Å². The third-order valence-electron chi connectivity index (χ3n) is 1.87. The molecule has 0 aliphatic heterocycles. The molecule has 0 N–H and O–H groups in total. The molecule has 0 aliphatic carbocycles. The SMILES string of the molecule is CC.CC.Cc1ccc2ccnc(Cl)c2c1. The van der Waals surface area contributed by atoms with Gasteiger partial charge < -0.3 is 0 Å². The first kappa shape index (κ1) is 14.9. The zero-order chi connectivity index (χ0) is 12.6. The second-order valence-corrected chi connectivity index (χ2v) is 3.18. The highest BCUT2D eigenvalue weighted by molar-refractivity contribution is 6.34. The zero-order valence-corrected chi connectivity index (χ0v) is 11.5. The Morgan fingerprint density at radius 3 is 2.25 bits per heavy atom. The third kappa shape index (κ3) is 3.82. The number of nitrogens with zero attached hydrogens (tertiary/aromatic N) is 1. The van der Waals surface area contributed by atoms with Crippen molar-refractivity contribution in [3.63, 3.8) is 0 Å². The van der Waals surface area contributed by atoms with Gasteiger partial charge in [-0.1, -0.05) is 57.0 Å². The van der Waals surface area contributed by atoms with Crippen molar-refractivity contribution in [1.29, 1.82) is 0 Å². The number of aromatic nitrogens is 1. The van der Waals surface area contributed by atoms with E-state index in [0.717, 1.165) is 10.8 Å². The topological polar surface area (TPSA) is 12.9 Å². The number of aryl methyl sites for hydroxylation is 1. The third-order valence-corrected chi connectivity index (χ3v) is 2.17. The number of hydrogen-bond donors (Lipinski definition) is 0. The number of halogens is 1. The van der Waals surface area contributed by atoms with E-state index in [1.807, 2.05) is 46.8 Å². The predicted molar refractivity (Wildman–Crippen MR) is 74.2 cm³/mol. The molecule has 1 aromatic carbocycles. The van der Waals surface area contributed by atoms with Crippen LogP contribution in [0.5, 0.6) is 0 Å². The minimum Gasteiger partial charge on any atom is -0.244 e. The van der Waals surface area contributed by atoms with E-state index in [1.54, 1.807) is 6.20 Å². The molecular weight excluding hydrogens is 218 g/mol. The van der Waals surface area contributed by atoms with Crippen molar-refractivity contribution in [2.75, 3.05) is 0 Å². The molecule has 0 aliphatic rings. The minimum absolute atomic E-state index is 0.580. The van der Waals surface area contributed by atoms with Crippen LogP contribution in [0.3, 0.4) is 0 Å². The maximum atomic E-state index is 5.92. The average Bonchev–Trinajstić information content (AvgIpc) is 2.35. The molecule has 0 bridgehead atoms.